The number of primary sulfonamides is 1. The zero-order valence-corrected chi connectivity index (χ0v) is 17.6. The van der Waals surface area contributed by atoms with Crippen LogP contribution in [0, 0.1) is 0 Å². The Labute approximate surface area is 180 Å². The molecule has 1 heterocycles. The predicted octanol–water partition coefficient (Wildman–Crippen LogP) is 3.08. The van der Waals surface area contributed by atoms with Crippen LogP contribution in [0.3, 0.4) is 0 Å². The summed E-state index contributed by atoms with van der Waals surface area (Å²) in [6.45, 7) is 1.26. The topological polar surface area (TPSA) is 115 Å². The summed E-state index contributed by atoms with van der Waals surface area (Å²) >= 11 is 0. The van der Waals surface area contributed by atoms with Gasteiger partial charge in [0.05, 0.1) is 11.9 Å². The molecule has 1 atom stereocenters. The van der Waals surface area contributed by atoms with E-state index < -0.39 is 16.1 Å². The van der Waals surface area contributed by atoms with Gasteiger partial charge in [0.1, 0.15) is 23.5 Å². The number of aliphatic hydroxyl groups excluding tert-OH is 1. The maximum Gasteiger partial charge on any atom is 0.213 e. The molecule has 0 aliphatic carbocycles. The van der Waals surface area contributed by atoms with Crippen molar-refractivity contribution in [3.05, 3.63) is 77.9 Å². The van der Waals surface area contributed by atoms with Crippen molar-refractivity contribution in [2.24, 2.45) is 5.14 Å². The molecular weight excluding hydrogens is 416 g/mol. The van der Waals surface area contributed by atoms with Gasteiger partial charge in [0, 0.05) is 29.9 Å². The first-order valence-corrected chi connectivity index (χ1v) is 11.6. The third kappa shape index (κ3) is 5.42. The lowest BCUT2D eigenvalue weighted by atomic mass is 10.1. The Morgan fingerprint density at radius 1 is 1.00 bits per heavy atom. The minimum atomic E-state index is -3.61. The maximum absolute atomic E-state index is 11.2. The van der Waals surface area contributed by atoms with E-state index in [0.29, 0.717) is 36.6 Å². The van der Waals surface area contributed by atoms with Crippen molar-refractivity contribution < 1.29 is 22.7 Å². The monoisotopic (exact) mass is 440 g/mol. The Bertz CT molecular complexity index is 1300. The van der Waals surface area contributed by atoms with Gasteiger partial charge in [0.2, 0.25) is 10.0 Å². The molecule has 1 aromatic heterocycles. The molecule has 4 N–H and O–H groups in total. The predicted molar refractivity (Wildman–Crippen MR) is 120 cm³/mol. The van der Waals surface area contributed by atoms with E-state index in [2.05, 4.69) is 5.32 Å². The molecule has 0 aliphatic heterocycles. The van der Waals surface area contributed by atoms with Gasteiger partial charge in [-0.15, -0.1) is 0 Å². The number of rotatable bonds is 9. The molecule has 8 heteroatoms. The van der Waals surface area contributed by atoms with E-state index in [1.807, 2.05) is 42.5 Å². The minimum Gasteiger partial charge on any atom is -0.492 e. The number of sulfonamides is 1. The van der Waals surface area contributed by atoms with Crippen molar-refractivity contribution in [3.8, 4) is 5.75 Å². The summed E-state index contributed by atoms with van der Waals surface area (Å²) in [7, 11) is -3.61. The van der Waals surface area contributed by atoms with Crippen LogP contribution in [0.4, 0.5) is 0 Å². The molecule has 1 unspecified atom stereocenters. The Hall–Kier alpha value is -2.91. The molecule has 0 saturated heterocycles. The quantitative estimate of drug-likeness (QED) is 0.345. The number of furan rings is 1. The van der Waals surface area contributed by atoms with Gasteiger partial charge in [-0.1, -0.05) is 42.5 Å². The van der Waals surface area contributed by atoms with Crippen LogP contribution in [-0.4, -0.2) is 33.2 Å². The largest absolute Gasteiger partial charge is 0.492 e. The first-order valence-electron chi connectivity index (χ1n) is 9.91. The summed E-state index contributed by atoms with van der Waals surface area (Å²) in [4.78, 5) is 0. The first kappa shape index (κ1) is 21.3. The van der Waals surface area contributed by atoms with Crippen LogP contribution >= 0.6 is 0 Å². The number of fused-ring (bicyclic) bond motifs is 3. The van der Waals surface area contributed by atoms with Gasteiger partial charge in [-0.25, -0.2) is 13.6 Å². The molecule has 31 heavy (non-hydrogen) atoms. The third-order valence-electron chi connectivity index (χ3n) is 4.94. The summed E-state index contributed by atoms with van der Waals surface area (Å²) in [5, 5.41) is 20.7. The molecule has 0 amide bonds. The summed E-state index contributed by atoms with van der Waals surface area (Å²) in [6, 6.07) is 20.4. The van der Waals surface area contributed by atoms with Gasteiger partial charge in [-0.2, -0.15) is 0 Å². The molecule has 0 bridgehead atoms. The molecule has 3 aromatic carbocycles. The van der Waals surface area contributed by atoms with E-state index in [9.17, 15) is 13.5 Å². The standard InChI is InChI=1S/C23H24N2O5S/c24-31(27,28)15-16-4-3-5-17(12-16)21(26)14-25-10-11-29-18-8-9-20-19-6-1-2-7-22(19)30-23(20)13-18/h1-9,12-13,21,25-26H,10-11,14-15H2,(H2,24,27,28). The van der Waals surface area contributed by atoms with Gasteiger partial charge in [0.25, 0.3) is 0 Å². The highest BCUT2D eigenvalue weighted by molar-refractivity contribution is 7.88. The highest BCUT2D eigenvalue weighted by atomic mass is 32.2. The van der Waals surface area contributed by atoms with Crippen LogP contribution in [0.2, 0.25) is 0 Å². The number of hydrogen-bond acceptors (Lipinski definition) is 6. The fourth-order valence-corrected chi connectivity index (χ4v) is 4.16. The Morgan fingerprint density at radius 2 is 1.81 bits per heavy atom. The fourth-order valence-electron chi connectivity index (χ4n) is 3.52. The molecule has 162 valence electrons. The van der Waals surface area contributed by atoms with Gasteiger partial charge in [-0.05, 0) is 29.3 Å². The number of aliphatic hydroxyl groups is 1. The summed E-state index contributed by atoms with van der Waals surface area (Å²) in [5.74, 6) is 0.453. The second-order valence-corrected chi connectivity index (χ2v) is 8.99. The highest BCUT2D eigenvalue weighted by Crippen LogP contribution is 2.30. The normalized spacial score (nSPS) is 13.0. The number of hydrogen-bond donors (Lipinski definition) is 3. The lowest BCUT2D eigenvalue weighted by Crippen LogP contribution is -2.26. The molecule has 7 nitrogen and oxygen atoms in total. The van der Waals surface area contributed by atoms with Crippen LogP contribution in [-0.2, 0) is 15.8 Å². The lowest BCUT2D eigenvalue weighted by Gasteiger charge is -2.14. The van der Waals surface area contributed by atoms with Gasteiger partial charge in [0.15, 0.2) is 0 Å². The molecule has 0 radical (unpaired) electrons. The van der Waals surface area contributed by atoms with Crippen molar-refractivity contribution >= 4 is 32.0 Å². The Balaban J connectivity index is 1.27. The number of nitrogens with one attached hydrogen (secondary N) is 1. The molecular formula is C23H24N2O5S. The smallest absolute Gasteiger partial charge is 0.213 e. The average Bonchev–Trinajstić information content (AvgIpc) is 3.10. The molecule has 0 saturated carbocycles. The van der Waals surface area contributed by atoms with Crippen molar-refractivity contribution in [1.29, 1.82) is 0 Å². The van der Waals surface area contributed by atoms with E-state index in [-0.39, 0.29) is 5.75 Å². The second kappa shape index (κ2) is 9.07. The van der Waals surface area contributed by atoms with Crippen molar-refractivity contribution in [1.82, 2.24) is 5.32 Å². The Morgan fingerprint density at radius 3 is 2.65 bits per heavy atom. The van der Waals surface area contributed by atoms with Crippen LogP contribution in [0.5, 0.6) is 5.75 Å². The molecule has 0 aliphatic rings. The molecule has 0 fully saturated rings. The zero-order chi connectivity index (χ0) is 21.8. The van der Waals surface area contributed by atoms with Crippen molar-refractivity contribution in [2.45, 2.75) is 11.9 Å². The van der Waals surface area contributed by atoms with Gasteiger partial charge < -0.3 is 19.6 Å². The van der Waals surface area contributed by atoms with Gasteiger partial charge in [-0.3, -0.25) is 0 Å². The summed E-state index contributed by atoms with van der Waals surface area (Å²) in [6.07, 6.45) is -0.771. The van der Waals surface area contributed by atoms with E-state index >= 15 is 0 Å². The maximum atomic E-state index is 11.2. The van der Waals surface area contributed by atoms with E-state index in [0.717, 1.165) is 21.9 Å². The lowest BCUT2D eigenvalue weighted by molar-refractivity contribution is 0.172. The van der Waals surface area contributed by atoms with Crippen molar-refractivity contribution in [3.63, 3.8) is 0 Å². The molecule has 0 spiro atoms. The van der Waals surface area contributed by atoms with Gasteiger partial charge >= 0.3 is 0 Å². The first-order chi connectivity index (χ1) is 14.9. The van der Waals surface area contributed by atoms with E-state index in [1.165, 1.54) is 0 Å². The van der Waals surface area contributed by atoms with Crippen LogP contribution < -0.4 is 15.2 Å². The fraction of sp³-hybridized carbons (Fsp3) is 0.217. The van der Waals surface area contributed by atoms with Crippen molar-refractivity contribution in [2.75, 3.05) is 19.7 Å². The minimum absolute atomic E-state index is 0.260. The summed E-state index contributed by atoms with van der Waals surface area (Å²) < 4.78 is 34.1. The van der Waals surface area contributed by atoms with E-state index in [1.54, 1.807) is 24.3 Å². The summed E-state index contributed by atoms with van der Waals surface area (Å²) in [5.41, 5.74) is 2.80. The van der Waals surface area contributed by atoms with Crippen LogP contribution in [0.1, 0.15) is 17.2 Å². The number of para-hydroxylation sites is 1. The molecule has 4 rings (SSSR count). The van der Waals surface area contributed by atoms with E-state index in [4.69, 9.17) is 14.3 Å². The second-order valence-electron chi connectivity index (χ2n) is 7.38. The van der Waals surface area contributed by atoms with Crippen LogP contribution in [0.15, 0.2) is 71.1 Å². The Kier molecular flexibility index (Phi) is 6.24. The highest BCUT2D eigenvalue weighted by Gasteiger charge is 2.11. The average molecular weight is 441 g/mol. The zero-order valence-electron chi connectivity index (χ0n) is 16.8. The SMILES string of the molecule is NS(=O)(=O)Cc1cccc(C(O)CNCCOc2ccc3c(c2)oc2ccccc23)c1. The number of ether oxygens (including phenoxy) is 1. The number of benzene rings is 3. The van der Waals surface area contributed by atoms with Crippen LogP contribution in [0.25, 0.3) is 21.9 Å². The number of nitrogens with two attached hydrogens (primary N) is 1. The molecule has 4 aromatic rings. The third-order valence-corrected chi connectivity index (χ3v) is 5.67.